The number of ether oxygens (including phenoxy) is 2. The van der Waals surface area contributed by atoms with E-state index in [1.54, 1.807) is 7.11 Å². The molecule has 0 bridgehead atoms. The van der Waals surface area contributed by atoms with Gasteiger partial charge in [-0.1, -0.05) is 5.92 Å². The standard InChI is InChI=1S/C12H23N3O2.HI/c1-4-7-14-12(13-5-2)15-8-6-9-17-11-10-16-3;/h1H,5-11H2,2-3H3,(H2,13,14,15);1H. The van der Waals surface area contributed by atoms with Crippen LogP contribution >= 0.6 is 24.0 Å². The lowest BCUT2D eigenvalue weighted by molar-refractivity contribution is 0.0702. The molecular weight excluding hydrogens is 345 g/mol. The number of hydrogen-bond acceptors (Lipinski definition) is 3. The summed E-state index contributed by atoms with van der Waals surface area (Å²) in [5.74, 6) is 3.26. The van der Waals surface area contributed by atoms with Gasteiger partial charge in [0.05, 0.1) is 19.8 Å². The van der Waals surface area contributed by atoms with Gasteiger partial charge in [-0.15, -0.1) is 30.4 Å². The van der Waals surface area contributed by atoms with Crippen LogP contribution in [0, 0.1) is 12.3 Å². The molecule has 0 heterocycles. The Hall–Kier alpha value is -0.520. The van der Waals surface area contributed by atoms with Gasteiger partial charge in [0.2, 0.25) is 0 Å². The predicted octanol–water partition coefficient (Wildman–Crippen LogP) is 0.846. The van der Waals surface area contributed by atoms with Crippen LogP contribution in [0.3, 0.4) is 0 Å². The molecule has 0 saturated carbocycles. The van der Waals surface area contributed by atoms with Crippen LogP contribution in [0.4, 0.5) is 0 Å². The van der Waals surface area contributed by atoms with Crippen molar-refractivity contribution in [1.29, 1.82) is 0 Å². The van der Waals surface area contributed by atoms with E-state index in [1.165, 1.54) is 0 Å². The number of terminal acetylenes is 1. The average Bonchev–Trinajstić information content (AvgIpc) is 2.34. The van der Waals surface area contributed by atoms with Gasteiger partial charge >= 0.3 is 0 Å². The molecule has 0 amide bonds. The Labute approximate surface area is 127 Å². The number of halogens is 1. The average molecular weight is 369 g/mol. The molecule has 0 atom stereocenters. The normalized spacial score (nSPS) is 10.4. The van der Waals surface area contributed by atoms with Gasteiger partial charge in [-0.3, -0.25) is 4.99 Å². The second-order valence-electron chi connectivity index (χ2n) is 3.28. The Kier molecular flexibility index (Phi) is 18.1. The van der Waals surface area contributed by atoms with E-state index in [0.29, 0.717) is 32.9 Å². The zero-order chi connectivity index (χ0) is 12.8. The van der Waals surface area contributed by atoms with Gasteiger partial charge in [-0.05, 0) is 13.3 Å². The Morgan fingerprint density at radius 2 is 2.06 bits per heavy atom. The van der Waals surface area contributed by atoms with Gasteiger partial charge < -0.3 is 20.1 Å². The van der Waals surface area contributed by atoms with E-state index in [0.717, 1.165) is 18.9 Å². The van der Waals surface area contributed by atoms with Crippen molar-refractivity contribution in [3.05, 3.63) is 0 Å². The Bertz CT molecular complexity index is 242. The molecule has 0 saturated heterocycles. The van der Waals surface area contributed by atoms with Crippen molar-refractivity contribution in [3.8, 4) is 12.3 Å². The van der Waals surface area contributed by atoms with E-state index in [9.17, 15) is 0 Å². The summed E-state index contributed by atoms with van der Waals surface area (Å²) in [5.41, 5.74) is 0. The highest BCUT2D eigenvalue weighted by atomic mass is 127. The topological polar surface area (TPSA) is 54.9 Å². The fraction of sp³-hybridized carbons (Fsp3) is 0.750. The lowest BCUT2D eigenvalue weighted by Gasteiger charge is -2.08. The van der Waals surface area contributed by atoms with Crippen molar-refractivity contribution >= 4 is 29.9 Å². The monoisotopic (exact) mass is 369 g/mol. The van der Waals surface area contributed by atoms with Crippen molar-refractivity contribution in [2.75, 3.05) is 46.6 Å². The van der Waals surface area contributed by atoms with Crippen molar-refractivity contribution < 1.29 is 9.47 Å². The molecule has 0 spiro atoms. The molecule has 0 fully saturated rings. The van der Waals surface area contributed by atoms with Crippen LogP contribution in [0.1, 0.15) is 13.3 Å². The zero-order valence-electron chi connectivity index (χ0n) is 11.2. The molecule has 0 aliphatic heterocycles. The van der Waals surface area contributed by atoms with E-state index in [1.807, 2.05) is 6.92 Å². The highest BCUT2D eigenvalue weighted by Gasteiger charge is 1.94. The summed E-state index contributed by atoms with van der Waals surface area (Å²) in [7, 11) is 1.66. The number of guanidine groups is 1. The first kappa shape index (κ1) is 19.8. The van der Waals surface area contributed by atoms with Gasteiger partial charge in [0.25, 0.3) is 0 Å². The van der Waals surface area contributed by atoms with E-state index in [2.05, 4.69) is 21.5 Å². The fourth-order valence-electron chi connectivity index (χ4n) is 1.08. The minimum Gasteiger partial charge on any atom is -0.382 e. The Morgan fingerprint density at radius 1 is 1.28 bits per heavy atom. The number of aliphatic imine (C=N–C) groups is 1. The first-order valence-electron chi connectivity index (χ1n) is 5.87. The third-order valence-electron chi connectivity index (χ3n) is 1.85. The van der Waals surface area contributed by atoms with Gasteiger partial charge in [-0.25, -0.2) is 0 Å². The van der Waals surface area contributed by atoms with Crippen molar-refractivity contribution in [1.82, 2.24) is 10.6 Å². The van der Waals surface area contributed by atoms with Crippen molar-refractivity contribution in [3.63, 3.8) is 0 Å². The molecule has 0 aromatic rings. The molecule has 0 aromatic heterocycles. The summed E-state index contributed by atoms with van der Waals surface area (Å²) in [6.45, 7) is 6.00. The number of methoxy groups -OCH3 is 1. The smallest absolute Gasteiger partial charge is 0.192 e. The second-order valence-corrected chi connectivity index (χ2v) is 3.28. The van der Waals surface area contributed by atoms with E-state index in [-0.39, 0.29) is 24.0 Å². The SMILES string of the molecule is C#CCNC(=NCCCOCCOC)NCC.I. The second kappa shape index (κ2) is 16.5. The van der Waals surface area contributed by atoms with Crippen LogP contribution in [-0.2, 0) is 9.47 Å². The minimum atomic E-state index is 0. The molecule has 18 heavy (non-hydrogen) atoms. The molecule has 6 heteroatoms. The molecule has 0 aliphatic rings. The molecule has 2 N–H and O–H groups in total. The summed E-state index contributed by atoms with van der Waals surface area (Å²) in [6.07, 6.45) is 6.05. The van der Waals surface area contributed by atoms with Crippen LogP contribution in [0.15, 0.2) is 4.99 Å². The maximum Gasteiger partial charge on any atom is 0.192 e. The first-order valence-corrected chi connectivity index (χ1v) is 5.87. The largest absolute Gasteiger partial charge is 0.382 e. The molecule has 106 valence electrons. The van der Waals surface area contributed by atoms with Gasteiger partial charge in [0, 0.05) is 26.8 Å². The van der Waals surface area contributed by atoms with Crippen LogP contribution in [0.2, 0.25) is 0 Å². The number of nitrogens with one attached hydrogen (secondary N) is 2. The molecule has 0 radical (unpaired) electrons. The summed E-state index contributed by atoms with van der Waals surface area (Å²) < 4.78 is 10.2. The van der Waals surface area contributed by atoms with Gasteiger partial charge in [-0.2, -0.15) is 0 Å². The fourth-order valence-corrected chi connectivity index (χ4v) is 1.08. The third kappa shape index (κ3) is 13.5. The summed E-state index contributed by atoms with van der Waals surface area (Å²) >= 11 is 0. The summed E-state index contributed by atoms with van der Waals surface area (Å²) in [6, 6.07) is 0. The lowest BCUT2D eigenvalue weighted by Crippen LogP contribution is -2.37. The first-order chi connectivity index (χ1) is 8.35. The van der Waals surface area contributed by atoms with Crippen LogP contribution in [0.5, 0.6) is 0 Å². The van der Waals surface area contributed by atoms with E-state index >= 15 is 0 Å². The highest BCUT2D eigenvalue weighted by Crippen LogP contribution is 1.85. The zero-order valence-corrected chi connectivity index (χ0v) is 13.5. The minimum absolute atomic E-state index is 0. The molecule has 0 aliphatic carbocycles. The Balaban J connectivity index is 0. The van der Waals surface area contributed by atoms with Crippen LogP contribution < -0.4 is 10.6 Å². The van der Waals surface area contributed by atoms with Crippen LogP contribution in [-0.4, -0.2) is 52.5 Å². The molecule has 5 nitrogen and oxygen atoms in total. The highest BCUT2D eigenvalue weighted by molar-refractivity contribution is 14.0. The Morgan fingerprint density at radius 3 is 2.67 bits per heavy atom. The van der Waals surface area contributed by atoms with E-state index in [4.69, 9.17) is 15.9 Å². The molecule has 0 rings (SSSR count). The lowest BCUT2D eigenvalue weighted by atomic mass is 10.4. The van der Waals surface area contributed by atoms with Crippen molar-refractivity contribution in [2.24, 2.45) is 4.99 Å². The van der Waals surface area contributed by atoms with E-state index < -0.39 is 0 Å². The quantitative estimate of drug-likeness (QED) is 0.208. The number of nitrogens with zero attached hydrogens (tertiary/aromatic N) is 1. The predicted molar refractivity (Wildman–Crippen MR) is 85.5 cm³/mol. The summed E-state index contributed by atoms with van der Waals surface area (Å²) in [5, 5.41) is 6.13. The molecule has 0 unspecified atom stereocenters. The van der Waals surface area contributed by atoms with Crippen LogP contribution in [0.25, 0.3) is 0 Å². The molecule has 0 aromatic carbocycles. The maximum absolute atomic E-state index is 5.33. The molecular formula is C12H24IN3O2. The number of hydrogen-bond donors (Lipinski definition) is 2. The van der Waals surface area contributed by atoms with Gasteiger partial charge in [0.1, 0.15) is 0 Å². The summed E-state index contributed by atoms with van der Waals surface area (Å²) in [4.78, 5) is 4.36. The maximum atomic E-state index is 5.33. The van der Waals surface area contributed by atoms with Gasteiger partial charge in [0.15, 0.2) is 5.96 Å². The number of rotatable bonds is 9. The third-order valence-corrected chi connectivity index (χ3v) is 1.85. The van der Waals surface area contributed by atoms with Crippen molar-refractivity contribution in [2.45, 2.75) is 13.3 Å².